The van der Waals surface area contributed by atoms with Gasteiger partial charge in [-0.1, -0.05) is 0 Å². The second-order valence-corrected chi connectivity index (χ2v) is 2.33. The quantitative estimate of drug-likeness (QED) is 0.534. The molecule has 50 valence electrons. The van der Waals surface area contributed by atoms with Crippen molar-refractivity contribution in [3.05, 3.63) is 24.0 Å². The summed E-state index contributed by atoms with van der Waals surface area (Å²) in [6, 6.07) is 2.18. The summed E-state index contributed by atoms with van der Waals surface area (Å²) in [5.74, 6) is 0. The molecule has 0 amide bonds. The van der Waals surface area contributed by atoms with E-state index in [9.17, 15) is 0 Å². The molecule has 1 unspecified atom stereocenters. The zero-order chi connectivity index (χ0) is 6.97. The molecular weight excluding hydrogens is 126 g/mol. The van der Waals surface area contributed by atoms with Crippen molar-refractivity contribution in [3.63, 3.8) is 0 Å². The molecule has 10 heavy (non-hydrogen) atoms. The van der Waals surface area contributed by atoms with Crippen molar-refractivity contribution in [2.75, 3.05) is 0 Å². The van der Waals surface area contributed by atoms with Crippen molar-refractivity contribution in [3.8, 4) is 0 Å². The highest BCUT2D eigenvalue weighted by Crippen LogP contribution is 2.33. The highest BCUT2D eigenvalue weighted by atomic mass is 15.2. The third-order valence-corrected chi connectivity index (χ3v) is 1.62. The molecule has 0 saturated heterocycles. The summed E-state index contributed by atoms with van der Waals surface area (Å²) in [5.41, 5.74) is 2.09. The second-order valence-electron chi connectivity index (χ2n) is 2.33. The van der Waals surface area contributed by atoms with E-state index in [0.717, 1.165) is 5.69 Å². The molecule has 3 nitrogen and oxygen atoms in total. The van der Waals surface area contributed by atoms with Crippen molar-refractivity contribution < 1.29 is 0 Å². The Bertz CT molecular complexity index is 280. The Labute approximate surface area is 58.8 Å². The van der Waals surface area contributed by atoms with Crippen LogP contribution in [0.3, 0.4) is 0 Å². The van der Waals surface area contributed by atoms with Gasteiger partial charge in [0.2, 0.25) is 0 Å². The van der Waals surface area contributed by atoms with Crippen LogP contribution >= 0.6 is 0 Å². The third kappa shape index (κ3) is 0.635. The lowest BCUT2D eigenvalue weighted by Crippen LogP contribution is -1.82. The minimum Gasteiger partial charge on any atom is -0.262 e. The molecule has 0 aliphatic carbocycles. The van der Waals surface area contributed by atoms with E-state index in [2.05, 4.69) is 15.2 Å². The van der Waals surface area contributed by atoms with Gasteiger partial charge in [-0.15, -0.1) is 0 Å². The van der Waals surface area contributed by atoms with E-state index in [1.54, 1.807) is 12.4 Å². The van der Waals surface area contributed by atoms with Gasteiger partial charge in [0.15, 0.2) is 0 Å². The van der Waals surface area contributed by atoms with Gasteiger partial charge in [0, 0.05) is 11.8 Å². The van der Waals surface area contributed by atoms with Crippen molar-refractivity contribution in [2.24, 2.45) is 10.2 Å². The Morgan fingerprint density at radius 2 is 2.40 bits per heavy atom. The standard InChI is InChI=1S/C7H7N3/c1-5-6-2-3-8-4-7(6)10-9-5/h2-5H,1H3. The largest absolute Gasteiger partial charge is 0.262 e. The summed E-state index contributed by atoms with van der Waals surface area (Å²) in [7, 11) is 0. The van der Waals surface area contributed by atoms with Gasteiger partial charge in [-0.2, -0.15) is 10.2 Å². The van der Waals surface area contributed by atoms with Crippen LogP contribution in [0.1, 0.15) is 18.5 Å². The summed E-state index contributed by atoms with van der Waals surface area (Å²) in [6.07, 6.45) is 3.51. The molecule has 0 aromatic carbocycles. The molecule has 1 aliphatic rings. The van der Waals surface area contributed by atoms with Gasteiger partial charge in [0.25, 0.3) is 0 Å². The molecule has 0 radical (unpaired) electrons. The average molecular weight is 133 g/mol. The molecule has 3 heteroatoms. The Balaban J connectivity index is 2.59. The number of pyridine rings is 1. The summed E-state index contributed by atoms with van der Waals surface area (Å²) < 4.78 is 0. The number of nitrogens with zero attached hydrogens (tertiary/aromatic N) is 3. The van der Waals surface area contributed by atoms with E-state index in [4.69, 9.17) is 0 Å². The van der Waals surface area contributed by atoms with Crippen molar-refractivity contribution in [1.82, 2.24) is 4.98 Å². The van der Waals surface area contributed by atoms with Gasteiger partial charge in [0.1, 0.15) is 5.69 Å². The Kier molecular flexibility index (Phi) is 1.03. The van der Waals surface area contributed by atoms with Crippen LogP contribution in [0, 0.1) is 0 Å². The molecule has 0 bridgehead atoms. The van der Waals surface area contributed by atoms with Crippen LogP contribution in [-0.2, 0) is 0 Å². The van der Waals surface area contributed by atoms with E-state index < -0.39 is 0 Å². The van der Waals surface area contributed by atoms with Crippen molar-refractivity contribution in [2.45, 2.75) is 13.0 Å². The number of azo groups is 1. The van der Waals surface area contributed by atoms with Crippen LogP contribution in [0.5, 0.6) is 0 Å². The highest BCUT2D eigenvalue weighted by molar-refractivity contribution is 5.46. The summed E-state index contributed by atoms with van der Waals surface area (Å²) in [5, 5.41) is 7.93. The van der Waals surface area contributed by atoms with Gasteiger partial charge in [0.05, 0.1) is 12.2 Å². The molecule has 2 rings (SSSR count). The fourth-order valence-corrected chi connectivity index (χ4v) is 1.04. The van der Waals surface area contributed by atoms with Crippen LogP contribution in [0.15, 0.2) is 28.7 Å². The second kappa shape index (κ2) is 1.87. The lowest BCUT2D eigenvalue weighted by molar-refractivity contribution is 0.811. The molecule has 1 aromatic rings. The van der Waals surface area contributed by atoms with E-state index in [1.807, 2.05) is 13.0 Å². The molecule has 0 saturated carbocycles. The fraction of sp³-hybridized carbons (Fsp3) is 0.286. The van der Waals surface area contributed by atoms with Crippen LogP contribution in [0.4, 0.5) is 5.69 Å². The van der Waals surface area contributed by atoms with E-state index >= 15 is 0 Å². The average Bonchev–Trinajstić information content (AvgIpc) is 2.34. The van der Waals surface area contributed by atoms with Crippen molar-refractivity contribution >= 4 is 5.69 Å². The number of aromatic nitrogens is 1. The first-order chi connectivity index (χ1) is 4.88. The van der Waals surface area contributed by atoms with E-state index in [0.29, 0.717) is 0 Å². The minimum atomic E-state index is 0.220. The topological polar surface area (TPSA) is 37.6 Å². The first-order valence-corrected chi connectivity index (χ1v) is 3.22. The van der Waals surface area contributed by atoms with Gasteiger partial charge in [-0.05, 0) is 13.0 Å². The normalized spacial score (nSPS) is 21.1. The molecular formula is C7H7N3. The summed E-state index contributed by atoms with van der Waals surface area (Å²) in [6.45, 7) is 2.02. The summed E-state index contributed by atoms with van der Waals surface area (Å²) >= 11 is 0. The van der Waals surface area contributed by atoms with E-state index in [-0.39, 0.29) is 6.04 Å². The first kappa shape index (κ1) is 5.53. The SMILES string of the molecule is CC1N=Nc2cnccc21. The van der Waals surface area contributed by atoms with Gasteiger partial charge in [-0.25, -0.2) is 0 Å². The monoisotopic (exact) mass is 133 g/mol. The molecule has 1 aromatic heterocycles. The molecule has 2 heterocycles. The predicted octanol–water partition coefficient (Wildman–Crippen LogP) is 2.24. The zero-order valence-electron chi connectivity index (χ0n) is 5.65. The minimum absolute atomic E-state index is 0.220. The number of hydrogen-bond acceptors (Lipinski definition) is 3. The summed E-state index contributed by atoms with van der Waals surface area (Å²) in [4.78, 5) is 3.94. The van der Waals surface area contributed by atoms with E-state index in [1.165, 1.54) is 5.56 Å². The van der Waals surface area contributed by atoms with Crippen LogP contribution in [0.25, 0.3) is 0 Å². The van der Waals surface area contributed by atoms with Crippen LogP contribution in [-0.4, -0.2) is 4.98 Å². The number of hydrogen-bond donors (Lipinski definition) is 0. The van der Waals surface area contributed by atoms with Crippen LogP contribution in [0.2, 0.25) is 0 Å². The Hall–Kier alpha value is -1.25. The smallest absolute Gasteiger partial charge is 0.109 e. The Morgan fingerprint density at radius 1 is 1.50 bits per heavy atom. The Morgan fingerprint density at radius 3 is 3.20 bits per heavy atom. The van der Waals surface area contributed by atoms with Gasteiger partial charge >= 0.3 is 0 Å². The first-order valence-electron chi connectivity index (χ1n) is 3.22. The molecule has 0 spiro atoms. The molecule has 0 N–H and O–H groups in total. The molecule has 1 atom stereocenters. The van der Waals surface area contributed by atoms with Crippen molar-refractivity contribution in [1.29, 1.82) is 0 Å². The maximum Gasteiger partial charge on any atom is 0.109 e. The fourth-order valence-electron chi connectivity index (χ4n) is 1.04. The molecule has 1 aliphatic heterocycles. The zero-order valence-corrected chi connectivity index (χ0v) is 5.65. The number of fused-ring (bicyclic) bond motifs is 1. The lowest BCUT2D eigenvalue weighted by Gasteiger charge is -1.96. The third-order valence-electron chi connectivity index (χ3n) is 1.62. The van der Waals surface area contributed by atoms with Crippen LogP contribution < -0.4 is 0 Å². The highest BCUT2D eigenvalue weighted by Gasteiger charge is 2.14. The lowest BCUT2D eigenvalue weighted by atomic mass is 10.1. The van der Waals surface area contributed by atoms with Gasteiger partial charge in [-0.3, -0.25) is 4.98 Å². The molecule has 0 fully saturated rings. The predicted molar refractivity (Wildman–Crippen MR) is 37.2 cm³/mol. The maximum atomic E-state index is 3.99. The maximum absolute atomic E-state index is 3.99. The van der Waals surface area contributed by atoms with Gasteiger partial charge < -0.3 is 0 Å². The number of rotatable bonds is 0.